The van der Waals surface area contributed by atoms with E-state index in [-0.39, 0.29) is 11.4 Å². The number of rotatable bonds is 4. The number of hydrogen-bond acceptors (Lipinski definition) is 3. The normalized spacial score (nSPS) is 10.6. The van der Waals surface area contributed by atoms with Gasteiger partial charge in [-0.15, -0.1) is 0 Å². The minimum absolute atomic E-state index is 0.00601. The first kappa shape index (κ1) is 16.4. The van der Waals surface area contributed by atoms with Gasteiger partial charge in [0.05, 0.1) is 18.6 Å². The standard InChI is InChI=1S/C16H14ClNO3S/c1-21-15-8-3-9-16(12-15)22(19,20)18-10-4-6-13-5-2-7-14(17)11-13/h2-3,5,7-9,11-12,18H,10H2,1H3. The Morgan fingerprint density at radius 2 is 1.95 bits per heavy atom. The Bertz CT molecular complexity index is 823. The number of ether oxygens (including phenoxy) is 1. The average molecular weight is 336 g/mol. The molecule has 0 amide bonds. The van der Waals surface area contributed by atoms with Crippen molar-refractivity contribution in [2.75, 3.05) is 13.7 Å². The Morgan fingerprint density at radius 3 is 2.68 bits per heavy atom. The molecule has 22 heavy (non-hydrogen) atoms. The molecule has 0 aliphatic rings. The molecule has 0 atom stereocenters. The highest BCUT2D eigenvalue weighted by Gasteiger charge is 2.13. The van der Waals surface area contributed by atoms with Crippen LogP contribution in [0.15, 0.2) is 53.4 Å². The van der Waals surface area contributed by atoms with Crippen molar-refractivity contribution in [2.45, 2.75) is 4.90 Å². The van der Waals surface area contributed by atoms with Crippen molar-refractivity contribution in [1.29, 1.82) is 0 Å². The van der Waals surface area contributed by atoms with Crippen LogP contribution in [-0.4, -0.2) is 22.1 Å². The number of nitrogens with one attached hydrogen (secondary N) is 1. The van der Waals surface area contributed by atoms with Crippen LogP contribution in [0, 0.1) is 11.8 Å². The molecular formula is C16H14ClNO3S. The zero-order chi connectivity index (χ0) is 16.0. The van der Waals surface area contributed by atoms with Gasteiger partial charge in [-0.2, -0.15) is 4.72 Å². The van der Waals surface area contributed by atoms with Crippen molar-refractivity contribution in [3.63, 3.8) is 0 Å². The summed E-state index contributed by atoms with van der Waals surface area (Å²) in [6.45, 7) is 0.00601. The Hall–Kier alpha value is -2.00. The second-order valence-electron chi connectivity index (χ2n) is 4.32. The number of hydrogen-bond donors (Lipinski definition) is 1. The van der Waals surface area contributed by atoms with E-state index < -0.39 is 10.0 Å². The van der Waals surface area contributed by atoms with Crippen LogP contribution in [0.25, 0.3) is 0 Å². The Labute approximate surface area is 135 Å². The fourth-order valence-corrected chi connectivity index (χ4v) is 2.84. The summed E-state index contributed by atoms with van der Waals surface area (Å²) < 4.78 is 31.7. The third-order valence-corrected chi connectivity index (χ3v) is 4.39. The summed E-state index contributed by atoms with van der Waals surface area (Å²) >= 11 is 5.85. The van der Waals surface area contributed by atoms with Crippen molar-refractivity contribution in [3.05, 3.63) is 59.1 Å². The molecule has 6 heteroatoms. The second-order valence-corrected chi connectivity index (χ2v) is 6.52. The predicted molar refractivity (Wildman–Crippen MR) is 86.5 cm³/mol. The van der Waals surface area contributed by atoms with Crippen LogP contribution in [0.5, 0.6) is 5.75 Å². The van der Waals surface area contributed by atoms with Crippen molar-refractivity contribution in [2.24, 2.45) is 0 Å². The quantitative estimate of drug-likeness (QED) is 0.874. The highest BCUT2D eigenvalue weighted by Crippen LogP contribution is 2.16. The maximum Gasteiger partial charge on any atom is 0.241 e. The van der Waals surface area contributed by atoms with Gasteiger partial charge < -0.3 is 4.74 Å². The minimum atomic E-state index is -3.61. The molecule has 2 aromatic carbocycles. The van der Waals surface area contributed by atoms with Crippen molar-refractivity contribution < 1.29 is 13.2 Å². The van der Waals surface area contributed by atoms with Crippen LogP contribution in [0.2, 0.25) is 5.02 Å². The van der Waals surface area contributed by atoms with Crippen molar-refractivity contribution in [3.8, 4) is 17.6 Å². The summed E-state index contributed by atoms with van der Waals surface area (Å²) in [5, 5.41) is 0.587. The molecule has 0 saturated carbocycles. The van der Waals surface area contributed by atoms with Gasteiger partial charge in [0, 0.05) is 16.7 Å². The molecule has 0 bridgehead atoms. The van der Waals surface area contributed by atoms with Gasteiger partial charge in [0.1, 0.15) is 5.75 Å². The van der Waals surface area contributed by atoms with E-state index in [1.165, 1.54) is 19.2 Å². The molecule has 0 aliphatic carbocycles. The highest BCUT2D eigenvalue weighted by atomic mass is 35.5. The number of halogens is 1. The highest BCUT2D eigenvalue weighted by molar-refractivity contribution is 7.89. The molecule has 0 unspecified atom stereocenters. The van der Waals surface area contributed by atoms with Gasteiger partial charge in [0.15, 0.2) is 0 Å². The molecule has 0 radical (unpaired) electrons. The largest absolute Gasteiger partial charge is 0.497 e. The van der Waals surface area contributed by atoms with E-state index in [4.69, 9.17) is 16.3 Å². The maximum atomic E-state index is 12.1. The molecule has 0 aromatic heterocycles. The third kappa shape index (κ3) is 4.50. The summed E-state index contributed by atoms with van der Waals surface area (Å²) in [7, 11) is -2.13. The topological polar surface area (TPSA) is 55.4 Å². The zero-order valence-electron chi connectivity index (χ0n) is 11.8. The van der Waals surface area contributed by atoms with E-state index in [2.05, 4.69) is 16.6 Å². The molecule has 0 spiro atoms. The van der Waals surface area contributed by atoms with Gasteiger partial charge in [0.2, 0.25) is 10.0 Å². The number of sulfonamides is 1. The van der Waals surface area contributed by atoms with E-state index in [0.717, 1.165) is 5.56 Å². The van der Waals surface area contributed by atoms with Gasteiger partial charge in [0.25, 0.3) is 0 Å². The fourth-order valence-electron chi connectivity index (χ4n) is 1.70. The second kappa shape index (κ2) is 7.32. The zero-order valence-corrected chi connectivity index (χ0v) is 13.4. The molecule has 0 aliphatic heterocycles. The molecule has 0 saturated heterocycles. The van der Waals surface area contributed by atoms with Gasteiger partial charge in [-0.25, -0.2) is 8.42 Å². The van der Waals surface area contributed by atoms with Gasteiger partial charge in [-0.3, -0.25) is 0 Å². The lowest BCUT2D eigenvalue weighted by atomic mass is 10.2. The van der Waals surface area contributed by atoms with Crippen LogP contribution in [-0.2, 0) is 10.0 Å². The monoisotopic (exact) mass is 335 g/mol. The fraction of sp³-hybridized carbons (Fsp3) is 0.125. The number of benzene rings is 2. The minimum Gasteiger partial charge on any atom is -0.497 e. The summed E-state index contributed by atoms with van der Waals surface area (Å²) in [6, 6.07) is 13.3. The summed E-state index contributed by atoms with van der Waals surface area (Å²) in [5.74, 6) is 6.08. The first-order valence-corrected chi connectivity index (χ1v) is 8.25. The number of methoxy groups -OCH3 is 1. The Balaban J connectivity index is 2.04. The lowest BCUT2D eigenvalue weighted by molar-refractivity contribution is 0.413. The van der Waals surface area contributed by atoms with E-state index in [1.807, 2.05) is 0 Å². The van der Waals surface area contributed by atoms with Gasteiger partial charge in [-0.1, -0.05) is 35.6 Å². The predicted octanol–water partition coefficient (Wildman–Crippen LogP) is 2.68. The smallest absolute Gasteiger partial charge is 0.241 e. The first-order valence-electron chi connectivity index (χ1n) is 6.39. The molecule has 0 fully saturated rings. The van der Waals surface area contributed by atoms with Crippen molar-refractivity contribution in [1.82, 2.24) is 4.72 Å². The molecule has 1 N–H and O–H groups in total. The first-order chi connectivity index (χ1) is 10.5. The van der Waals surface area contributed by atoms with E-state index in [1.54, 1.807) is 36.4 Å². The maximum absolute atomic E-state index is 12.1. The van der Waals surface area contributed by atoms with E-state index in [0.29, 0.717) is 10.8 Å². The van der Waals surface area contributed by atoms with Crippen LogP contribution < -0.4 is 9.46 Å². The third-order valence-electron chi connectivity index (χ3n) is 2.76. The Kier molecular flexibility index (Phi) is 5.45. The SMILES string of the molecule is COc1cccc(S(=O)(=O)NCC#Cc2cccc(Cl)c2)c1. The average Bonchev–Trinajstić information content (AvgIpc) is 2.52. The van der Waals surface area contributed by atoms with Crippen LogP contribution in [0.4, 0.5) is 0 Å². The molecule has 2 aromatic rings. The summed E-state index contributed by atoms with van der Waals surface area (Å²) in [5.41, 5.74) is 0.730. The molecular weight excluding hydrogens is 322 g/mol. The lowest BCUT2D eigenvalue weighted by Crippen LogP contribution is -2.24. The molecule has 114 valence electrons. The molecule has 2 rings (SSSR count). The van der Waals surface area contributed by atoms with Crippen LogP contribution in [0.1, 0.15) is 5.56 Å². The van der Waals surface area contributed by atoms with E-state index in [9.17, 15) is 8.42 Å². The van der Waals surface area contributed by atoms with Crippen molar-refractivity contribution >= 4 is 21.6 Å². The van der Waals surface area contributed by atoms with Crippen LogP contribution in [0.3, 0.4) is 0 Å². The van der Waals surface area contributed by atoms with E-state index >= 15 is 0 Å². The molecule has 0 heterocycles. The summed E-state index contributed by atoms with van der Waals surface area (Å²) in [4.78, 5) is 0.136. The Morgan fingerprint density at radius 1 is 1.18 bits per heavy atom. The molecule has 4 nitrogen and oxygen atoms in total. The van der Waals surface area contributed by atoms with Gasteiger partial charge in [-0.05, 0) is 30.3 Å². The lowest BCUT2D eigenvalue weighted by Gasteiger charge is -2.05. The van der Waals surface area contributed by atoms with Crippen LogP contribution >= 0.6 is 11.6 Å². The summed E-state index contributed by atoms with van der Waals surface area (Å²) in [6.07, 6.45) is 0. The van der Waals surface area contributed by atoms with Gasteiger partial charge >= 0.3 is 0 Å².